The van der Waals surface area contributed by atoms with E-state index in [4.69, 9.17) is 0 Å². The van der Waals surface area contributed by atoms with Gasteiger partial charge in [0.15, 0.2) is 0 Å². The Bertz CT molecular complexity index is 475. The van der Waals surface area contributed by atoms with Crippen molar-refractivity contribution in [2.24, 2.45) is 0 Å². The maximum Gasteiger partial charge on any atom is 0.102 e. The second-order valence-corrected chi connectivity index (χ2v) is 6.17. The van der Waals surface area contributed by atoms with E-state index in [1.807, 2.05) is 24.5 Å². The third-order valence-corrected chi connectivity index (χ3v) is 4.74. The van der Waals surface area contributed by atoms with Crippen molar-refractivity contribution in [3.63, 3.8) is 0 Å². The maximum atomic E-state index is 9.33. The maximum absolute atomic E-state index is 9.33. The number of anilines is 1. The van der Waals surface area contributed by atoms with E-state index in [-0.39, 0.29) is 0 Å². The first-order valence-electron chi connectivity index (χ1n) is 7.31. The molecule has 1 fully saturated rings. The van der Waals surface area contributed by atoms with Gasteiger partial charge in [-0.3, -0.25) is 4.90 Å². The molecule has 1 saturated heterocycles. The SMILES string of the molecule is CSc1cccc(NCC(C)N2CCCCC2)c1C#N. The lowest BCUT2D eigenvalue weighted by atomic mass is 10.1. The van der Waals surface area contributed by atoms with E-state index >= 15 is 0 Å². The van der Waals surface area contributed by atoms with Gasteiger partial charge < -0.3 is 5.32 Å². The lowest BCUT2D eigenvalue weighted by Crippen LogP contribution is -2.41. The Morgan fingerprint density at radius 1 is 1.35 bits per heavy atom. The summed E-state index contributed by atoms with van der Waals surface area (Å²) in [5.74, 6) is 0. The van der Waals surface area contributed by atoms with Crippen molar-refractivity contribution < 1.29 is 0 Å². The monoisotopic (exact) mass is 289 g/mol. The first-order valence-corrected chi connectivity index (χ1v) is 8.53. The highest BCUT2D eigenvalue weighted by atomic mass is 32.2. The summed E-state index contributed by atoms with van der Waals surface area (Å²) >= 11 is 1.62. The van der Waals surface area contributed by atoms with Crippen molar-refractivity contribution >= 4 is 17.4 Å². The number of hydrogen-bond donors (Lipinski definition) is 1. The molecule has 0 aliphatic carbocycles. The van der Waals surface area contributed by atoms with Gasteiger partial charge >= 0.3 is 0 Å². The fourth-order valence-electron chi connectivity index (χ4n) is 2.71. The summed E-state index contributed by atoms with van der Waals surface area (Å²) in [4.78, 5) is 3.59. The van der Waals surface area contributed by atoms with Crippen molar-refractivity contribution in [2.45, 2.75) is 37.1 Å². The van der Waals surface area contributed by atoms with Crippen LogP contribution in [0.15, 0.2) is 23.1 Å². The van der Waals surface area contributed by atoms with Gasteiger partial charge in [-0.25, -0.2) is 0 Å². The quantitative estimate of drug-likeness (QED) is 0.841. The molecule has 0 amide bonds. The molecule has 1 heterocycles. The van der Waals surface area contributed by atoms with Crippen molar-refractivity contribution in [3.8, 4) is 6.07 Å². The number of nitriles is 1. The number of nitrogens with one attached hydrogen (secondary N) is 1. The summed E-state index contributed by atoms with van der Waals surface area (Å²) < 4.78 is 0. The minimum atomic E-state index is 0.514. The number of thioether (sulfide) groups is 1. The zero-order valence-electron chi connectivity index (χ0n) is 12.4. The number of nitrogens with zero attached hydrogens (tertiary/aromatic N) is 2. The van der Waals surface area contributed by atoms with E-state index in [9.17, 15) is 5.26 Å². The van der Waals surface area contributed by atoms with Gasteiger partial charge in [0, 0.05) is 17.5 Å². The molecule has 0 radical (unpaired) electrons. The molecule has 108 valence electrons. The summed E-state index contributed by atoms with van der Waals surface area (Å²) in [6.07, 6.45) is 6.01. The van der Waals surface area contributed by atoms with Gasteiger partial charge in [-0.1, -0.05) is 12.5 Å². The highest BCUT2D eigenvalue weighted by molar-refractivity contribution is 7.98. The molecular weight excluding hydrogens is 266 g/mol. The molecule has 1 aromatic rings. The average Bonchev–Trinajstić information content (AvgIpc) is 2.52. The number of hydrogen-bond acceptors (Lipinski definition) is 4. The Labute approximate surface area is 126 Å². The first kappa shape index (κ1) is 15.2. The second kappa shape index (κ2) is 7.56. The van der Waals surface area contributed by atoms with E-state index in [1.165, 1.54) is 32.4 Å². The fraction of sp³-hybridized carbons (Fsp3) is 0.562. The highest BCUT2D eigenvalue weighted by Gasteiger charge is 2.17. The fourth-order valence-corrected chi connectivity index (χ4v) is 3.28. The van der Waals surface area contributed by atoms with Crippen LogP contribution in [-0.4, -0.2) is 36.8 Å². The van der Waals surface area contributed by atoms with Gasteiger partial charge in [-0.15, -0.1) is 11.8 Å². The normalized spacial score (nSPS) is 17.4. The molecule has 1 aromatic carbocycles. The molecule has 1 aliphatic heterocycles. The van der Waals surface area contributed by atoms with E-state index < -0.39 is 0 Å². The van der Waals surface area contributed by atoms with E-state index in [0.717, 1.165) is 22.7 Å². The van der Waals surface area contributed by atoms with Gasteiger partial charge in [0.05, 0.1) is 11.3 Å². The summed E-state index contributed by atoms with van der Waals surface area (Å²) in [5.41, 5.74) is 1.73. The molecule has 0 aromatic heterocycles. The van der Waals surface area contributed by atoms with Crippen LogP contribution in [0.4, 0.5) is 5.69 Å². The standard InChI is InChI=1S/C16H23N3S/c1-13(19-9-4-3-5-10-19)12-18-15-7-6-8-16(20-2)14(15)11-17/h6-8,13,18H,3-5,9-10,12H2,1-2H3. The number of rotatable bonds is 5. The summed E-state index contributed by atoms with van der Waals surface area (Å²) in [5, 5.41) is 12.8. The summed E-state index contributed by atoms with van der Waals surface area (Å²) in [7, 11) is 0. The lowest BCUT2D eigenvalue weighted by Gasteiger charge is -2.32. The van der Waals surface area contributed by atoms with Crippen molar-refractivity contribution in [3.05, 3.63) is 23.8 Å². The Hall–Kier alpha value is -1.18. The molecule has 2 rings (SSSR count). The van der Waals surface area contributed by atoms with Crippen LogP contribution in [-0.2, 0) is 0 Å². The third kappa shape index (κ3) is 3.68. The molecule has 20 heavy (non-hydrogen) atoms. The van der Waals surface area contributed by atoms with Crippen molar-refractivity contribution in [1.82, 2.24) is 4.90 Å². The molecule has 0 saturated carbocycles. The Balaban J connectivity index is 1.98. The molecule has 3 nitrogen and oxygen atoms in total. The molecule has 4 heteroatoms. The van der Waals surface area contributed by atoms with Crippen LogP contribution < -0.4 is 5.32 Å². The molecular formula is C16H23N3S. The molecule has 1 N–H and O–H groups in total. The predicted molar refractivity (Wildman–Crippen MR) is 86.3 cm³/mol. The van der Waals surface area contributed by atoms with E-state index in [1.54, 1.807) is 11.8 Å². The molecule has 1 atom stereocenters. The number of piperidine rings is 1. The molecule has 1 aliphatic rings. The van der Waals surface area contributed by atoms with Gasteiger partial charge in [0.2, 0.25) is 0 Å². The van der Waals surface area contributed by atoms with Crippen LogP contribution in [0.1, 0.15) is 31.7 Å². The van der Waals surface area contributed by atoms with Gasteiger partial charge in [0.25, 0.3) is 0 Å². The highest BCUT2D eigenvalue weighted by Crippen LogP contribution is 2.26. The molecule has 1 unspecified atom stereocenters. The van der Waals surface area contributed by atoms with Crippen LogP contribution in [0.5, 0.6) is 0 Å². The lowest BCUT2D eigenvalue weighted by molar-refractivity contribution is 0.180. The summed E-state index contributed by atoms with van der Waals surface area (Å²) in [6.45, 7) is 5.58. The van der Waals surface area contributed by atoms with Crippen LogP contribution in [0.2, 0.25) is 0 Å². The number of likely N-dealkylation sites (tertiary alicyclic amines) is 1. The smallest absolute Gasteiger partial charge is 0.102 e. The largest absolute Gasteiger partial charge is 0.382 e. The van der Waals surface area contributed by atoms with Crippen LogP contribution in [0.3, 0.4) is 0 Å². The second-order valence-electron chi connectivity index (χ2n) is 5.32. The van der Waals surface area contributed by atoms with E-state index in [0.29, 0.717) is 6.04 Å². The van der Waals surface area contributed by atoms with Crippen LogP contribution in [0.25, 0.3) is 0 Å². The molecule has 0 spiro atoms. The third-order valence-electron chi connectivity index (χ3n) is 3.96. The zero-order valence-corrected chi connectivity index (χ0v) is 13.2. The van der Waals surface area contributed by atoms with Gasteiger partial charge in [-0.05, 0) is 51.2 Å². The Morgan fingerprint density at radius 3 is 2.75 bits per heavy atom. The predicted octanol–water partition coefficient (Wildman–Crippen LogP) is 3.57. The topological polar surface area (TPSA) is 39.1 Å². The van der Waals surface area contributed by atoms with Crippen molar-refractivity contribution in [1.29, 1.82) is 5.26 Å². The van der Waals surface area contributed by atoms with Crippen molar-refractivity contribution in [2.75, 3.05) is 31.2 Å². The Morgan fingerprint density at radius 2 is 2.10 bits per heavy atom. The molecule has 0 bridgehead atoms. The minimum Gasteiger partial charge on any atom is -0.382 e. The van der Waals surface area contributed by atoms with E-state index in [2.05, 4.69) is 23.2 Å². The minimum absolute atomic E-state index is 0.514. The zero-order chi connectivity index (χ0) is 14.4. The summed E-state index contributed by atoms with van der Waals surface area (Å²) in [6, 6.07) is 8.85. The Kier molecular flexibility index (Phi) is 5.75. The van der Waals surface area contributed by atoms with Crippen LogP contribution >= 0.6 is 11.8 Å². The van der Waals surface area contributed by atoms with Crippen LogP contribution in [0, 0.1) is 11.3 Å². The van der Waals surface area contributed by atoms with Gasteiger partial charge in [-0.2, -0.15) is 5.26 Å². The average molecular weight is 289 g/mol. The first-order chi connectivity index (χ1) is 9.76. The number of benzene rings is 1. The van der Waals surface area contributed by atoms with Gasteiger partial charge in [0.1, 0.15) is 6.07 Å².